The van der Waals surface area contributed by atoms with Crippen molar-refractivity contribution in [3.05, 3.63) is 29.6 Å². The van der Waals surface area contributed by atoms with Gasteiger partial charge in [0.1, 0.15) is 0 Å². The van der Waals surface area contributed by atoms with Crippen LogP contribution in [-0.4, -0.2) is 12.6 Å². The molecule has 0 aliphatic rings. The number of nitrogens with one attached hydrogen (secondary N) is 2. The third-order valence-corrected chi connectivity index (χ3v) is 2.95. The molecular formula is C11H12N2OS. The fourth-order valence-corrected chi connectivity index (χ4v) is 2.15. The van der Waals surface area contributed by atoms with Crippen LogP contribution < -0.4 is 10.6 Å². The van der Waals surface area contributed by atoms with Gasteiger partial charge in [-0.3, -0.25) is 0 Å². The highest BCUT2D eigenvalue weighted by Crippen LogP contribution is 2.23. The van der Waals surface area contributed by atoms with E-state index in [2.05, 4.69) is 10.6 Å². The summed E-state index contributed by atoms with van der Waals surface area (Å²) in [6.45, 7) is 2.52. The number of fused-ring (bicyclic) bond motifs is 1. The SMILES string of the molecule is CCNC(=O)Nc1ccc2sccc2c1. The fourth-order valence-electron chi connectivity index (χ4n) is 1.38. The van der Waals surface area contributed by atoms with Gasteiger partial charge in [0.15, 0.2) is 0 Å². The van der Waals surface area contributed by atoms with Crippen molar-refractivity contribution >= 4 is 33.1 Å². The number of carbonyl (C=O) groups is 1. The number of amides is 2. The molecule has 2 aromatic rings. The quantitative estimate of drug-likeness (QED) is 0.802. The highest BCUT2D eigenvalue weighted by atomic mass is 32.1. The highest BCUT2D eigenvalue weighted by Gasteiger charge is 2.01. The van der Waals surface area contributed by atoms with Gasteiger partial charge in [-0.2, -0.15) is 0 Å². The lowest BCUT2D eigenvalue weighted by Crippen LogP contribution is -2.28. The molecule has 2 N–H and O–H groups in total. The average Bonchev–Trinajstić information content (AvgIpc) is 2.65. The lowest BCUT2D eigenvalue weighted by molar-refractivity contribution is 0.252. The van der Waals surface area contributed by atoms with Crippen LogP contribution in [0.3, 0.4) is 0 Å². The first kappa shape index (κ1) is 9.98. The molecule has 0 atom stereocenters. The van der Waals surface area contributed by atoms with Crippen molar-refractivity contribution in [2.75, 3.05) is 11.9 Å². The van der Waals surface area contributed by atoms with Crippen LogP contribution in [-0.2, 0) is 0 Å². The number of benzene rings is 1. The topological polar surface area (TPSA) is 41.1 Å². The van der Waals surface area contributed by atoms with Crippen LogP contribution in [0.5, 0.6) is 0 Å². The Labute approximate surface area is 92.1 Å². The summed E-state index contributed by atoms with van der Waals surface area (Å²) in [5, 5.41) is 8.67. The molecule has 1 aromatic carbocycles. The number of hydrogen-bond donors (Lipinski definition) is 2. The van der Waals surface area contributed by atoms with Crippen molar-refractivity contribution in [2.24, 2.45) is 0 Å². The van der Waals surface area contributed by atoms with Crippen molar-refractivity contribution in [3.8, 4) is 0 Å². The van der Waals surface area contributed by atoms with Crippen LogP contribution in [0.15, 0.2) is 29.6 Å². The molecule has 0 unspecified atom stereocenters. The van der Waals surface area contributed by atoms with Crippen molar-refractivity contribution in [1.82, 2.24) is 5.32 Å². The van der Waals surface area contributed by atoms with Gasteiger partial charge in [0.05, 0.1) is 0 Å². The van der Waals surface area contributed by atoms with Crippen molar-refractivity contribution in [1.29, 1.82) is 0 Å². The Morgan fingerprint density at radius 2 is 2.27 bits per heavy atom. The predicted octanol–water partition coefficient (Wildman–Crippen LogP) is 3.04. The van der Waals surface area contributed by atoms with Crippen molar-refractivity contribution in [2.45, 2.75) is 6.92 Å². The van der Waals surface area contributed by atoms with Gasteiger partial charge < -0.3 is 10.6 Å². The monoisotopic (exact) mass is 220 g/mol. The number of hydrogen-bond acceptors (Lipinski definition) is 2. The maximum absolute atomic E-state index is 11.3. The van der Waals surface area contributed by atoms with Gasteiger partial charge in [-0.25, -0.2) is 4.79 Å². The smallest absolute Gasteiger partial charge is 0.319 e. The lowest BCUT2D eigenvalue weighted by atomic mass is 10.2. The minimum Gasteiger partial charge on any atom is -0.338 e. The molecule has 4 heteroatoms. The van der Waals surface area contributed by atoms with E-state index in [-0.39, 0.29) is 6.03 Å². The molecule has 1 heterocycles. The van der Waals surface area contributed by atoms with E-state index in [9.17, 15) is 4.79 Å². The number of urea groups is 1. The molecule has 1 aromatic heterocycles. The predicted molar refractivity (Wildman–Crippen MR) is 64.5 cm³/mol. The standard InChI is InChI=1S/C11H12N2OS/c1-2-12-11(14)13-9-3-4-10-8(7-9)5-6-15-10/h3-7H,2H2,1H3,(H2,12,13,14). The Kier molecular flexibility index (Phi) is 2.87. The van der Waals surface area contributed by atoms with Crippen LogP contribution >= 0.6 is 11.3 Å². The Morgan fingerprint density at radius 1 is 1.40 bits per heavy atom. The first-order valence-electron chi connectivity index (χ1n) is 4.81. The van der Waals surface area contributed by atoms with Crippen molar-refractivity contribution < 1.29 is 4.79 Å². The van der Waals surface area contributed by atoms with Crippen LogP contribution in [0, 0.1) is 0 Å². The molecule has 3 nitrogen and oxygen atoms in total. The van der Waals surface area contributed by atoms with Gasteiger partial charge in [-0.15, -0.1) is 11.3 Å². The number of rotatable bonds is 2. The zero-order valence-corrected chi connectivity index (χ0v) is 9.23. The molecule has 2 rings (SSSR count). The average molecular weight is 220 g/mol. The minimum atomic E-state index is -0.160. The van der Waals surface area contributed by atoms with E-state index in [4.69, 9.17) is 0 Å². The van der Waals surface area contributed by atoms with E-state index >= 15 is 0 Å². The van der Waals surface area contributed by atoms with Crippen molar-refractivity contribution in [3.63, 3.8) is 0 Å². The Hall–Kier alpha value is -1.55. The summed E-state index contributed by atoms with van der Waals surface area (Å²) in [5.74, 6) is 0. The van der Waals surface area contributed by atoms with Crippen LogP contribution in [0.1, 0.15) is 6.92 Å². The molecule has 0 aliphatic heterocycles. The first-order chi connectivity index (χ1) is 7.29. The van der Waals surface area contributed by atoms with E-state index in [1.807, 2.05) is 36.6 Å². The summed E-state index contributed by atoms with van der Waals surface area (Å²) in [5.41, 5.74) is 0.826. The lowest BCUT2D eigenvalue weighted by Gasteiger charge is -2.05. The third kappa shape index (κ3) is 2.27. The zero-order valence-electron chi connectivity index (χ0n) is 8.41. The van der Waals surface area contributed by atoms with Gasteiger partial charge in [0.25, 0.3) is 0 Å². The van der Waals surface area contributed by atoms with Crippen LogP contribution in [0.4, 0.5) is 10.5 Å². The molecule has 0 aliphatic carbocycles. The molecule has 0 fully saturated rings. The Morgan fingerprint density at radius 3 is 3.07 bits per heavy atom. The molecule has 78 valence electrons. The van der Waals surface area contributed by atoms with Gasteiger partial charge >= 0.3 is 6.03 Å². The first-order valence-corrected chi connectivity index (χ1v) is 5.69. The normalized spacial score (nSPS) is 10.2. The number of anilines is 1. The fraction of sp³-hybridized carbons (Fsp3) is 0.182. The van der Waals surface area contributed by atoms with E-state index in [1.54, 1.807) is 11.3 Å². The van der Waals surface area contributed by atoms with Gasteiger partial charge in [0, 0.05) is 16.9 Å². The second kappa shape index (κ2) is 4.31. The van der Waals surface area contributed by atoms with E-state index in [1.165, 1.54) is 4.70 Å². The van der Waals surface area contributed by atoms with E-state index < -0.39 is 0 Å². The highest BCUT2D eigenvalue weighted by molar-refractivity contribution is 7.17. The zero-order chi connectivity index (χ0) is 10.7. The van der Waals surface area contributed by atoms with Crippen LogP contribution in [0.25, 0.3) is 10.1 Å². The number of carbonyl (C=O) groups excluding carboxylic acids is 1. The van der Waals surface area contributed by atoms with Gasteiger partial charge in [0.2, 0.25) is 0 Å². The van der Waals surface area contributed by atoms with Crippen LogP contribution in [0.2, 0.25) is 0 Å². The minimum absolute atomic E-state index is 0.160. The molecule has 0 bridgehead atoms. The summed E-state index contributed by atoms with van der Waals surface area (Å²) in [7, 11) is 0. The maximum Gasteiger partial charge on any atom is 0.319 e. The summed E-state index contributed by atoms with van der Waals surface area (Å²) >= 11 is 1.70. The summed E-state index contributed by atoms with van der Waals surface area (Å²) in [6, 6.07) is 7.78. The second-order valence-corrected chi connectivity index (χ2v) is 4.11. The molecule has 2 amide bonds. The Balaban J connectivity index is 2.17. The molecule has 0 saturated heterocycles. The molecule has 0 radical (unpaired) electrons. The molecule has 0 saturated carbocycles. The van der Waals surface area contributed by atoms with E-state index in [0.29, 0.717) is 6.54 Å². The number of thiophene rings is 1. The largest absolute Gasteiger partial charge is 0.338 e. The molecule has 15 heavy (non-hydrogen) atoms. The van der Waals surface area contributed by atoms with Gasteiger partial charge in [-0.05, 0) is 42.0 Å². The van der Waals surface area contributed by atoms with Gasteiger partial charge in [-0.1, -0.05) is 0 Å². The maximum atomic E-state index is 11.3. The molecular weight excluding hydrogens is 208 g/mol. The summed E-state index contributed by atoms with van der Waals surface area (Å²) in [4.78, 5) is 11.3. The third-order valence-electron chi connectivity index (χ3n) is 2.05. The summed E-state index contributed by atoms with van der Waals surface area (Å²) < 4.78 is 1.23. The summed E-state index contributed by atoms with van der Waals surface area (Å²) in [6.07, 6.45) is 0. The molecule has 0 spiro atoms. The van der Waals surface area contributed by atoms with E-state index in [0.717, 1.165) is 11.1 Å². The second-order valence-electron chi connectivity index (χ2n) is 3.16. The Bertz CT molecular complexity index is 478.